The van der Waals surface area contributed by atoms with E-state index < -0.39 is 11.2 Å². The molecule has 164 valence electrons. The van der Waals surface area contributed by atoms with E-state index in [1.54, 1.807) is 19.1 Å². The molecule has 0 spiro atoms. The summed E-state index contributed by atoms with van der Waals surface area (Å²) in [6.45, 7) is 1.64. The van der Waals surface area contributed by atoms with Crippen molar-refractivity contribution in [3.05, 3.63) is 64.5 Å². The van der Waals surface area contributed by atoms with Crippen LogP contribution in [0, 0.1) is 6.92 Å². The first-order valence-electron chi connectivity index (χ1n) is 9.76. The Morgan fingerprint density at radius 2 is 1.59 bits per heavy atom. The largest absolute Gasteiger partial charge is 0.501 e. The van der Waals surface area contributed by atoms with Gasteiger partial charge in [-0.1, -0.05) is 30.3 Å². The summed E-state index contributed by atoms with van der Waals surface area (Å²) in [6.07, 6.45) is 0. The first-order valence-corrected chi connectivity index (χ1v) is 9.76. The lowest BCUT2D eigenvalue weighted by molar-refractivity contribution is 0.324. The van der Waals surface area contributed by atoms with E-state index in [2.05, 4.69) is 4.98 Å². The highest BCUT2D eigenvalue weighted by molar-refractivity contribution is 5.81. The molecule has 0 bridgehead atoms. The summed E-state index contributed by atoms with van der Waals surface area (Å²) in [5.74, 6) is 1.73. The molecule has 0 radical (unpaired) electrons. The predicted molar refractivity (Wildman–Crippen MR) is 119 cm³/mol. The molecule has 8 heteroatoms. The Morgan fingerprint density at radius 3 is 2.19 bits per heavy atom. The predicted octanol–water partition coefficient (Wildman–Crippen LogP) is 4.40. The highest BCUT2D eigenvalue weighted by atomic mass is 16.5. The molecule has 0 unspecified atom stereocenters. The lowest BCUT2D eigenvalue weighted by Crippen LogP contribution is -2.01. The summed E-state index contributed by atoms with van der Waals surface area (Å²) in [7, 11) is 4.59. The number of aryl methyl sites for hydroxylation is 1. The molecule has 2 heterocycles. The molecule has 0 atom stereocenters. The maximum Gasteiger partial charge on any atom is 0.227 e. The van der Waals surface area contributed by atoms with Gasteiger partial charge in [0.25, 0.3) is 0 Å². The zero-order chi connectivity index (χ0) is 22.8. The second-order valence-electron chi connectivity index (χ2n) is 6.99. The molecule has 0 saturated heterocycles. The first-order chi connectivity index (χ1) is 15.5. The Bertz CT molecular complexity index is 1300. The summed E-state index contributed by atoms with van der Waals surface area (Å²) in [6, 6.07) is 14.1. The Kier molecular flexibility index (Phi) is 5.59. The van der Waals surface area contributed by atoms with E-state index in [1.807, 2.05) is 30.3 Å². The minimum atomic E-state index is -0.535. The number of H-pyrrole nitrogens is 1. The summed E-state index contributed by atoms with van der Waals surface area (Å²) < 4.78 is 22.0. The highest BCUT2D eigenvalue weighted by Gasteiger charge is 2.23. The number of ether oxygens (including phenoxy) is 3. The van der Waals surface area contributed by atoms with Gasteiger partial charge in [-0.3, -0.25) is 4.79 Å². The number of aromatic nitrogens is 2. The van der Waals surface area contributed by atoms with Gasteiger partial charge < -0.3 is 28.7 Å². The maximum atomic E-state index is 12.2. The van der Waals surface area contributed by atoms with Crippen LogP contribution in [-0.2, 0) is 0 Å². The van der Waals surface area contributed by atoms with Gasteiger partial charge in [-0.25, -0.2) is 4.98 Å². The fourth-order valence-electron chi connectivity index (χ4n) is 3.47. The van der Waals surface area contributed by atoms with Crippen molar-refractivity contribution in [2.24, 2.45) is 0 Å². The zero-order valence-electron chi connectivity index (χ0n) is 18.1. The third-order valence-corrected chi connectivity index (χ3v) is 4.96. The molecule has 0 amide bonds. The Morgan fingerprint density at radius 1 is 0.938 bits per heavy atom. The quantitative estimate of drug-likeness (QED) is 0.463. The number of hydrogen-bond donors (Lipinski definition) is 2. The van der Waals surface area contributed by atoms with E-state index in [-0.39, 0.29) is 5.76 Å². The molecule has 0 aliphatic heterocycles. The Hall–Kier alpha value is -4.20. The van der Waals surface area contributed by atoms with Crippen molar-refractivity contribution in [3.63, 3.8) is 0 Å². The van der Waals surface area contributed by atoms with Crippen LogP contribution in [0.15, 0.2) is 57.7 Å². The van der Waals surface area contributed by atoms with Crippen LogP contribution in [-0.4, -0.2) is 36.4 Å². The van der Waals surface area contributed by atoms with E-state index in [0.717, 1.165) is 5.56 Å². The molecule has 0 aliphatic carbocycles. The smallest absolute Gasteiger partial charge is 0.227 e. The summed E-state index contributed by atoms with van der Waals surface area (Å²) in [5.41, 5.74) is 1.78. The minimum absolute atomic E-state index is 0.0139. The van der Waals surface area contributed by atoms with Gasteiger partial charge >= 0.3 is 0 Å². The van der Waals surface area contributed by atoms with Gasteiger partial charge in [0, 0.05) is 17.2 Å². The third kappa shape index (κ3) is 3.66. The van der Waals surface area contributed by atoms with Crippen molar-refractivity contribution in [2.45, 2.75) is 6.92 Å². The van der Waals surface area contributed by atoms with Crippen LogP contribution in [0.4, 0.5) is 0 Å². The standard InChI is InChI=1S/C24H22N2O6/c1-13-10-16(27)21(28)23(32-13)20-19(14-8-6-5-7-9-14)25-24(26-20)15-11-17(29-2)22(31-4)18(12-15)30-3/h5-12,28H,1-4H3,(H,25,26). The maximum absolute atomic E-state index is 12.2. The van der Waals surface area contributed by atoms with Crippen molar-refractivity contribution < 1.29 is 23.7 Å². The van der Waals surface area contributed by atoms with Crippen molar-refractivity contribution in [1.29, 1.82) is 0 Å². The molecule has 2 N–H and O–H groups in total. The average Bonchev–Trinajstić information content (AvgIpc) is 3.26. The zero-order valence-corrected chi connectivity index (χ0v) is 18.1. The number of nitrogens with zero attached hydrogens (tertiary/aromatic N) is 1. The molecule has 4 aromatic rings. The van der Waals surface area contributed by atoms with Crippen molar-refractivity contribution >= 4 is 0 Å². The van der Waals surface area contributed by atoms with Crippen LogP contribution >= 0.6 is 0 Å². The highest BCUT2D eigenvalue weighted by Crippen LogP contribution is 2.42. The van der Waals surface area contributed by atoms with Gasteiger partial charge in [0.2, 0.25) is 16.9 Å². The Labute approximate surface area is 184 Å². The van der Waals surface area contributed by atoms with E-state index in [1.165, 1.54) is 27.4 Å². The second kappa shape index (κ2) is 8.50. The minimum Gasteiger partial charge on any atom is -0.501 e. The number of benzene rings is 2. The number of aromatic amines is 1. The van der Waals surface area contributed by atoms with Crippen LogP contribution in [0.2, 0.25) is 0 Å². The molecular weight excluding hydrogens is 412 g/mol. The lowest BCUT2D eigenvalue weighted by atomic mass is 10.1. The lowest BCUT2D eigenvalue weighted by Gasteiger charge is -2.13. The van der Waals surface area contributed by atoms with Gasteiger partial charge in [0.15, 0.2) is 17.3 Å². The van der Waals surface area contributed by atoms with Crippen molar-refractivity contribution in [1.82, 2.24) is 9.97 Å². The van der Waals surface area contributed by atoms with E-state index in [9.17, 15) is 9.90 Å². The first kappa shape index (κ1) is 21.0. The topological polar surface area (TPSA) is 107 Å². The second-order valence-corrected chi connectivity index (χ2v) is 6.99. The molecule has 4 rings (SSSR count). The van der Waals surface area contributed by atoms with Crippen molar-refractivity contribution in [2.75, 3.05) is 21.3 Å². The van der Waals surface area contributed by atoms with Gasteiger partial charge in [-0.15, -0.1) is 0 Å². The van der Waals surface area contributed by atoms with E-state index in [4.69, 9.17) is 23.6 Å². The number of hydrogen-bond acceptors (Lipinski definition) is 7. The van der Waals surface area contributed by atoms with Crippen LogP contribution < -0.4 is 19.6 Å². The molecular formula is C24H22N2O6. The summed E-state index contributed by atoms with van der Waals surface area (Å²) in [4.78, 5) is 20.2. The van der Waals surface area contributed by atoms with Gasteiger partial charge in [-0.05, 0) is 19.1 Å². The molecule has 0 saturated carbocycles. The summed E-state index contributed by atoms with van der Waals surface area (Å²) in [5, 5.41) is 10.4. The number of nitrogens with one attached hydrogen (secondary N) is 1. The number of aromatic hydroxyl groups is 1. The fraction of sp³-hybridized carbons (Fsp3) is 0.167. The normalized spacial score (nSPS) is 10.8. The molecule has 2 aromatic carbocycles. The average molecular weight is 434 g/mol. The monoisotopic (exact) mass is 434 g/mol. The molecule has 0 fully saturated rings. The number of rotatable bonds is 6. The van der Waals surface area contributed by atoms with E-state index >= 15 is 0 Å². The van der Waals surface area contributed by atoms with Gasteiger partial charge in [0.05, 0.1) is 21.3 Å². The van der Waals surface area contributed by atoms with Gasteiger partial charge in [-0.2, -0.15) is 0 Å². The molecule has 2 aromatic heterocycles. The van der Waals surface area contributed by atoms with Gasteiger partial charge in [0.1, 0.15) is 23.0 Å². The fourth-order valence-corrected chi connectivity index (χ4v) is 3.47. The molecule has 0 aliphatic rings. The molecule has 32 heavy (non-hydrogen) atoms. The van der Waals surface area contributed by atoms with Crippen LogP contribution in [0.5, 0.6) is 23.0 Å². The van der Waals surface area contributed by atoms with Crippen LogP contribution in [0.3, 0.4) is 0 Å². The summed E-state index contributed by atoms with van der Waals surface area (Å²) >= 11 is 0. The van der Waals surface area contributed by atoms with Crippen LogP contribution in [0.1, 0.15) is 5.76 Å². The van der Waals surface area contributed by atoms with E-state index in [0.29, 0.717) is 45.8 Å². The number of methoxy groups -OCH3 is 3. The van der Waals surface area contributed by atoms with Crippen LogP contribution in [0.25, 0.3) is 34.1 Å². The third-order valence-electron chi connectivity index (χ3n) is 4.96. The Balaban J connectivity index is 1.99. The van der Waals surface area contributed by atoms with Crippen molar-refractivity contribution in [3.8, 4) is 57.1 Å². The molecule has 8 nitrogen and oxygen atoms in total. The SMILES string of the molecule is COc1cc(-c2nc(-c3ccccc3)c(-c3oc(C)cc(=O)c3O)[nH]2)cc(OC)c1OC. The number of imidazole rings is 1.